The molecule has 4 nitrogen and oxygen atoms in total. The van der Waals surface area contributed by atoms with Crippen LogP contribution in [-0.4, -0.2) is 30.7 Å². The maximum absolute atomic E-state index is 13.2. The Bertz CT molecular complexity index is 496. The summed E-state index contributed by atoms with van der Waals surface area (Å²) in [5, 5.41) is 15.0. The van der Waals surface area contributed by atoms with Crippen molar-refractivity contribution in [1.82, 2.24) is 10.6 Å². The number of hydrogen-bond donors (Lipinski definition) is 3. The van der Waals surface area contributed by atoms with Crippen LogP contribution in [0.25, 0.3) is 0 Å². The minimum absolute atomic E-state index is 0.00353. The van der Waals surface area contributed by atoms with Gasteiger partial charge in [-0.2, -0.15) is 0 Å². The second kappa shape index (κ2) is 6.91. The number of benzene rings is 1. The van der Waals surface area contributed by atoms with Crippen LogP contribution < -0.4 is 10.6 Å². The topological polar surface area (TPSA) is 61.4 Å². The number of aliphatic hydroxyl groups is 1. The van der Waals surface area contributed by atoms with E-state index in [0.717, 1.165) is 25.2 Å². The number of halogens is 3. The van der Waals surface area contributed by atoms with Crippen LogP contribution in [0, 0.1) is 23.4 Å². The van der Waals surface area contributed by atoms with Gasteiger partial charge < -0.3 is 15.7 Å². The monoisotopic (exact) mass is 302 g/mol. The molecule has 0 radical (unpaired) electrons. The van der Waals surface area contributed by atoms with Crippen molar-refractivity contribution in [3.63, 3.8) is 0 Å². The van der Waals surface area contributed by atoms with Gasteiger partial charge in [0.25, 0.3) is 0 Å². The highest BCUT2D eigenvalue weighted by molar-refractivity contribution is 5.79. The van der Waals surface area contributed by atoms with E-state index in [2.05, 4.69) is 10.6 Å². The first-order valence-electron chi connectivity index (χ1n) is 6.79. The van der Waals surface area contributed by atoms with Gasteiger partial charge in [0.1, 0.15) is 0 Å². The van der Waals surface area contributed by atoms with Gasteiger partial charge in [0.05, 0.1) is 12.6 Å². The number of aliphatic hydroxyl groups excluding tert-OH is 1. The summed E-state index contributed by atoms with van der Waals surface area (Å²) >= 11 is 0. The van der Waals surface area contributed by atoms with Crippen molar-refractivity contribution in [2.24, 2.45) is 5.92 Å². The van der Waals surface area contributed by atoms with Crippen molar-refractivity contribution in [2.45, 2.75) is 18.9 Å². The minimum atomic E-state index is -1.57. The molecule has 2 rings (SSSR count). The highest BCUT2D eigenvalue weighted by Crippen LogP contribution is 2.20. The van der Waals surface area contributed by atoms with Crippen LogP contribution in [-0.2, 0) is 4.79 Å². The van der Waals surface area contributed by atoms with Gasteiger partial charge in [-0.1, -0.05) is 0 Å². The van der Waals surface area contributed by atoms with Crippen molar-refractivity contribution >= 4 is 5.91 Å². The van der Waals surface area contributed by atoms with Gasteiger partial charge in [0, 0.05) is 5.92 Å². The van der Waals surface area contributed by atoms with Gasteiger partial charge in [-0.25, -0.2) is 13.2 Å². The lowest BCUT2D eigenvalue weighted by atomic mass is 9.96. The predicted octanol–water partition coefficient (Wildman–Crippen LogP) is 1.25. The molecule has 1 unspecified atom stereocenters. The number of piperidine rings is 1. The van der Waals surface area contributed by atoms with E-state index in [1.807, 2.05) is 0 Å². The Morgan fingerprint density at radius 2 is 1.86 bits per heavy atom. The summed E-state index contributed by atoms with van der Waals surface area (Å²) in [5.74, 6) is -4.74. The van der Waals surface area contributed by atoms with E-state index in [0.29, 0.717) is 12.8 Å². The van der Waals surface area contributed by atoms with Gasteiger partial charge >= 0.3 is 0 Å². The summed E-state index contributed by atoms with van der Waals surface area (Å²) in [4.78, 5) is 12.1. The zero-order valence-electron chi connectivity index (χ0n) is 11.3. The number of hydrogen-bond acceptors (Lipinski definition) is 3. The second-order valence-electron chi connectivity index (χ2n) is 5.07. The fourth-order valence-electron chi connectivity index (χ4n) is 2.38. The molecule has 3 N–H and O–H groups in total. The largest absolute Gasteiger partial charge is 0.394 e. The van der Waals surface area contributed by atoms with E-state index in [9.17, 15) is 23.1 Å². The first kappa shape index (κ1) is 15.8. The maximum atomic E-state index is 13.2. The third-order valence-electron chi connectivity index (χ3n) is 3.62. The lowest BCUT2D eigenvalue weighted by Gasteiger charge is -2.25. The lowest BCUT2D eigenvalue weighted by Crippen LogP contribution is -2.40. The Morgan fingerprint density at radius 3 is 2.38 bits per heavy atom. The Labute approximate surface area is 120 Å². The normalized spacial score (nSPS) is 17.5. The molecule has 1 heterocycles. The van der Waals surface area contributed by atoms with Crippen LogP contribution in [0.3, 0.4) is 0 Å². The average molecular weight is 302 g/mol. The quantitative estimate of drug-likeness (QED) is 0.734. The van der Waals surface area contributed by atoms with Crippen molar-refractivity contribution in [2.75, 3.05) is 19.7 Å². The molecular formula is C14H17F3N2O2. The fourth-order valence-corrected chi connectivity index (χ4v) is 2.38. The molecule has 1 amide bonds. The Morgan fingerprint density at radius 1 is 1.29 bits per heavy atom. The van der Waals surface area contributed by atoms with Gasteiger partial charge in [-0.15, -0.1) is 0 Å². The number of carbonyl (C=O) groups is 1. The molecule has 0 aromatic heterocycles. The third-order valence-corrected chi connectivity index (χ3v) is 3.62. The van der Waals surface area contributed by atoms with E-state index in [4.69, 9.17) is 0 Å². The number of nitrogens with one attached hydrogen (secondary N) is 2. The highest BCUT2D eigenvalue weighted by Gasteiger charge is 2.24. The zero-order valence-corrected chi connectivity index (χ0v) is 11.3. The molecule has 0 bridgehead atoms. The van der Waals surface area contributed by atoms with Crippen molar-refractivity contribution in [3.8, 4) is 0 Å². The SMILES string of the molecule is O=C(NC(CO)c1cc(F)c(F)c(F)c1)C1CCNCC1. The molecule has 0 saturated carbocycles. The third kappa shape index (κ3) is 3.74. The molecule has 21 heavy (non-hydrogen) atoms. The highest BCUT2D eigenvalue weighted by atomic mass is 19.2. The first-order valence-corrected chi connectivity index (χ1v) is 6.79. The average Bonchev–Trinajstić information content (AvgIpc) is 2.50. The molecule has 1 atom stereocenters. The molecule has 7 heteroatoms. The van der Waals surface area contributed by atoms with E-state index in [-0.39, 0.29) is 17.4 Å². The fraction of sp³-hybridized carbons (Fsp3) is 0.500. The van der Waals surface area contributed by atoms with Crippen LogP contribution in [0.4, 0.5) is 13.2 Å². The van der Waals surface area contributed by atoms with Crippen molar-refractivity contribution in [3.05, 3.63) is 35.1 Å². The van der Waals surface area contributed by atoms with Gasteiger partial charge in [0.2, 0.25) is 5.91 Å². The van der Waals surface area contributed by atoms with Gasteiger partial charge in [0.15, 0.2) is 17.5 Å². The number of amides is 1. The van der Waals surface area contributed by atoms with E-state index in [1.165, 1.54) is 0 Å². The predicted molar refractivity (Wildman–Crippen MR) is 69.9 cm³/mol. The molecule has 1 aromatic carbocycles. The number of carbonyl (C=O) groups excluding carboxylic acids is 1. The van der Waals surface area contributed by atoms with E-state index < -0.39 is 30.1 Å². The maximum Gasteiger partial charge on any atom is 0.223 e. The standard InChI is InChI=1S/C14H17F3N2O2/c15-10-5-9(6-11(16)13(10)17)12(7-20)19-14(21)8-1-3-18-4-2-8/h5-6,8,12,18,20H,1-4,7H2,(H,19,21). The minimum Gasteiger partial charge on any atom is -0.394 e. The molecule has 1 aromatic rings. The zero-order chi connectivity index (χ0) is 15.4. The summed E-state index contributed by atoms with van der Waals surface area (Å²) < 4.78 is 39.3. The summed E-state index contributed by atoms with van der Waals surface area (Å²) in [6.45, 7) is 0.921. The van der Waals surface area contributed by atoms with Gasteiger partial charge in [-0.3, -0.25) is 4.79 Å². The van der Waals surface area contributed by atoms with E-state index in [1.54, 1.807) is 0 Å². The smallest absolute Gasteiger partial charge is 0.223 e. The van der Waals surface area contributed by atoms with Crippen LogP contribution in [0.2, 0.25) is 0 Å². The Kier molecular flexibility index (Phi) is 5.19. The summed E-state index contributed by atoms with van der Waals surface area (Å²) in [5.41, 5.74) is -0.00353. The molecule has 116 valence electrons. The molecule has 1 aliphatic heterocycles. The van der Waals surface area contributed by atoms with Crippen molar-refractivity contribution < 1.29 is 23.1 Å². The van der Waals surface area contributed by atoms with Crippen LogP contribution in [0.15, 0.2) is 12.1 Å². The molecule has 0 spiro atoms. The van der Waals surface area contributed by atoms with Gasteiger partial charge in [-0.05, 0) is 43.6 Å². The Balaban J connectivity index is 2.10. The molecule has 1 aliphatic rings. The summed E-state index contributed by atoms with van der Waals surface area (Å²) in [6.07, 6.45) is 1.33. The summed E-state index contributed by atoms with van der Waals surface area (Å²) in [7, 11) is 0. The van der Waals surface area contributed by atoms with Crippen LogP contribution >= 0.6 is 0 Å². The van der Waals surface area contributed by atoms with Crippen LogP contribution in [0.5, 0.6) is 0 Å². The lowest BCUT2D eigenvalue weighted by molar-refractivity contribution is -0.126. The first-order chi connectivity index (χ1) is 10.0. The van der Waals surface area contributed by atoms with Crippen molar-refractivity contribution in [1.29, 1.82) is 0 Å². The second-order valence-corrected chi connectivity index (χ2v) is 5.07. The molecular weight excluding hydrogens is 285 g/mol. The molecule has 0 aliphatic carbocycles. The summed E-state index contributed by atoms with van der Waals surface area (Å²) in [6, 6.07) is 0.598. The van der Waals surface area contributed by atoms with Crippen LogP contribution in [0.1, 0.15) is 24.4 Å². The molecule has 1 fully saturated rings. The Hall–Kier alpha value is -1.60. The number of rotatable bonds is 4. The molecule has 1 saturated heterocycles. The van der Waals surface area contributed by atoms with E-state index >= 15 is 0 Å².